The maximum absolute atomic E-state index is 13.2. The number of para-hydroxylation sites is 1. The monoisotopic (exact) mass is 389 g/mol. The Hall–Kier alpha value is -3.08. The highest BCUT2D eigenvalue weighted by Crippen LogP contribution is 2.34. The third kappa shape index (κ3) is 3.41. The predicted octanol–water partition coefficient (Wildman–Crippen LogP) is 3.23. The largest absolute Gasteiger partial charge is 0.368 e. The van der Waals surface area contributed by atoms with Gasteiger partial charge in [0.1, 0.15) is 5.70 Å². The van der Waals surface area contributed by atoms with Gasteiger partial charge in [0, 0.05) is 38.4 Å². The Balaban J connectivity index is 1.68. The fourth-order valence-corrected chi connectivity index (χ4v) is 4.31. The van der Waals surface area contributed by atoms with Gasteiger partial charge in [-0.25, -0.2) is 0 Å². The van der Waals surface area contributed by atoms with Crippen molar-refractivity contribution in [2.45, 2.75) is 20.8 Å². The molecular formula is C24H27N3O2. The van der Waals surface area contributed by atoms with Crippen molar-refractivity contribution >= 4 is 23.1 Å². The van der Waals surface area contributed by atoms with Crippen molar-refractivity contribution in [2.24, 2.45) is 0 Å². The maximum atomic E-state index is 13.2. The first-order chi connectivity index (χ1) is 14.0. The summed E-state index contributed by atoms with van der Waals surface area (Å²) in [6, 6.07) is 16.4. The van der Waals surface area contributed by atoms with E-state index in [-0.39, 0.29) is 11.8 Å². The van der Waals surface area contributed by atoms with Crippen LogP contribution < -0.4 is 4.90 Å². The van der Waals surface area contributed by atoms with Gasteiger partial charge in [-0.1, -0.05) is 42.0 Å². The van der Waals surface area contributed by atoms with Gasteiger partial charge in [-0.05, 0) is 44.0 Å². The van der Waals surface area contributed by atoms with Crippen LogP contribution in [0.25, 0.3) is 5.57 Å². The molecule has 2 aromatic carbocycles. The van der Waals surface area contributed by atoms with Crippen LogP contribution in [0.1, 0.15) is 23.6 Å². The number of benzene rings is 2. The van der Waals surface area contributed by atoms with Gasteiger partial charge in [0.05, 0.1) is 5.57 Å². The Morgan fingerprint density at radius 1 is 0.828 bits per heavy atom. The molecule has 0 saturated carbocycles. The lowest BCUT2D eigenvalue weighted by Crippen LogP contribution is -2.47. The Labute approximate surface area is 172 Å². The van der Waals surface area contributed by atoms with Crippen molar-refractivity contribution in [3.05, 3.63) is 70.9 Å². The Bertz CT molecular complexity index is 973. The molecule has 0 aromatic heterocycles. The quantitative estimate of drug-likeness (QED) is 0.753. The number of rotatable bonds is 4. The molecule has 0 unspecified atom stereocenters. The van der Waals surface area contributed by atoms with Gasteiger partial charge in [0.15, 0.2) is 0 Å². The molecule has 1 fully saturated rings. The number of carbonyl (C=O) groups is 2. The van der Waals surface area contributed by atoms with E-state index in [4.69, 9.17) is 0 Å². The summed E-state index contributed by atoms with van der Waals surface area (Å²) < 4.78 is 0. The second-order valence-corrected chi connectivity index (χ2v) is 7.71. The van der Waals surface area contributed by atoms with Crippen molar-refractivity contribution in [2.75, 3.05) is 37.6 Å². The molecule has 1 saturated heterocycles. The summed E-state index contributed by atoms with van der Waals surface area (Å²) in [4.78, 5) is 32.1. The van der Waals surface area contributed by atoms with Crippen LogP contribution in [0.2, 0.25) is 0 Å². The first-order valence-electron chi connectivity index (χ1n) is 10.2. The summed E-state index contributed by atoms with van der Waals surface area (Å²) in [5.74, 6) is -0.342. The molecular weight excluding hydrogens is 362 g/mol. The van der Waals surface area contributed by atoms with Crippen molar-refractivity contribution in [1.82, 2.24) is 9.80 Å². The number of imide groups is 1. The molecule has 2 aromatic rings. The van der Waals surface area contributed by atoms with Crippen LogP contribution >= 0.6 is 0 Å². The molecule has 29 heavy (non-hydrogen) atoms. The van der Waals surface area contributed by atoms with Crippen LogP contribution in [0.4, 0.5) is 5.69 Å². The summed E-state index contributed by atoms with van der Waals surface area (Å²) in [7, 11) is 0. The van der Waals surface area contributed by atoms with E-state index in [0.29, 0.717) is 17.8 Å². The maximum Gasteiger partial charge on any atom is 0.277 e. The van der Waals surface area contributed by atoms with E-state index >= 15 is 0 Å². The number of hydrogen-bond donors (Lipinski definition) is 0. The van der Waals surface area contributed by atoms with E-state index in [2.05, 4.69) is 28.0 Å². The van der Waals surface area contributed by atoms with Gasteiger partial charge < -0.3 is 9.80 Å². The molecule has 0 spiro atoms. The molecule has 150 valence electrons. The van der Waals surface area contributed by atoms with E-state index in [9.17, 15) is 9.59 Å². The minimum absolute atomic E-state index is 0.166. The highest BCUT2D eigenvalue weighted by Gasteiger charge is 2.41. The second-order valence-electron chi connectivity index (χ2n) is 7.71. The zero-order chi connectivity index (χ0) is 20.5. The number of amides is 2. The normalized spacial score (nSPS) is 17.6. The van der Waals surface area contributed by atoms with Crippen molar-refractivity contribution in [3.63, 3.8) is 0 Å². The summed E-state index contributed by atoms with van der Waals surface area (Å²) in [6.07, 6.45) is 0. The Morgan fingerprint density at radius 2 is 1.48 bits per heavy atom. The lowest BCUT2D eigenvalue weighted by Gasteiger charge is -2.37. The Morgan fingerprint density at radius 3 is 2.10 bits per heavy atom. The van der Waals surface area contributed by atoms with Crippen LogP contribution in [0.3, 0.4) is 0 Å². The van der Waals surface area contributed by atoms with Crippen molar-refractivity contribution in [1.29, 1.82) is 0 Å². The third-order valence-electron chi connectivity index (χ3n) is 5.83. The van der Waals surface area contributed by atoms with Crippen molar-refractivity contribution < 1.29 is 9.59 Å². The van der Waals surface area contributed by atoms with Gasteiger partial charge in [0.25, 0.3) is 11.8 Å². The van der Waals surface area contributed by atoms with E-state index in [1.807, 2.05) is 51.1 Å². The van der Waals surface area contributed by atoms with Crippen molar-refractivity contribution in [3.8, 4) is 0 Å². The number of anilines is 1. The molecule has 4 rings (SSSR count). The van der Waals surface area contributed by atoms with Gasteiger partial charge in [-0.15, -0.1) is 0 Å². The second kappa shape index (κ2) is 7.74. The first kappa shape index (κ1) is 19.2. The summed E-state index contributed by atoms with van der Waals surface area (Å²) in [5.41, 5.74) is 5.36. The third-order valence-corrected chi connectivity index (χ3v) is 5.83. The highest BCUT2D eigenvalue weighted by atomic mass is 16.2. The molecule has 2 aliphatic rings. The lowest BCUT2D eigenvalue weighted by molar-refractivity contribution is -0.137. The van der Waals surface area contributed by atoms with Crippen LogP contribution in [0, 0.1) is 13.8 Å². The first-order valence-corrected chi connectivity index (χ1v) is 10.2. The predicted molar refractivity (Wildman–Crippen MR) is 115 cm³/mol. The molecule has 0 radical (unpaired) electrons. The molecule has 0 bridgehead atoms. The fourth-order valence-electron chi connectivity index (χ4n) is 4.31. The molecule has 5 heteroatoms. The number of likely N-dealkylation sites (N-methyl/N-ethyl adjacent to an activating group) is 1. The molecule has 0 atom stereocenters. The molecule has 2 heterocycles. The Kier molecular flexibility index (Phi) is 5.14. The average Bonchev–Trinajstić information content (AvgIpc) is 2.98. The summed E-state index contributed by atoms with van der Waals surface area (Å²) in [6.45, 7) is 9.36. The topological polar surface area (TPSA) is 43.9 Å². The minimum Gasteiger partial charge on any atom is -0.368 e. The lowest BCUT2D eigenvalue weighted by atomic mass is 9.97. The molecule has 2 amide bonds. The average molecular weight is 389 g/mol. The zero-order valence-electron chi connectivity index (χ0n) is 17.3. The molecule has 0 aliphatic carbocycles. The van der Waals surface area contributed by atoms with E-state index in [1.165, 1.54) is 10.6 Å². The molecule has 0 N–H and O–H groups in total. The van der Waals surface area contributed by atoms with E-state index in [0.717, 1.165) is 42.9 Å². The van der Waals surface area contributed by atoms with Gasteiger partial charge in [-0.3, -0.25) is 14.5 Å². The SMILES string of the molecule is CCN1C(=O)C(c2ccc(C)cc2C)=C(N2CCN(c3ccccc3)CC2)C1=O. The van der Waals surface area contributed by atoms with Crippen LogP contribution in [-0.4, -0.2) is 54.3 Å². The number of hydrogen-bond acceptors (Lipinski definition) is 4. The van der Waals surface area contributed by atoms with Gasteiger partial charge in [0.2, 0.25) is 0 Å². The van der Waals surface area contributed by atoms with Crippen LogP contribution in [0.5, 0.6) is 0 Å². The highest BCUT2D eigenvalue weighted by molar-refractivity contribution is 6.35. The van der Waals surface area contributed by atoms with E-state index < -0.39 is 0 Å². The minimum atomic E-state index is -0.176. The van der Waals surface area contributed by atoms with Crippen LogP contribution in [0.15, 0.2) is 54.2 Å². The number of piperazine rings is 1. The van der Waals surface area contributed by atoms with Crippen LogP contribution in [-0.2, 0) is 9.59 Å². The smallest absolute Gasteiger partial charge is 0.277 e. The standard InChI is InChI=1S/C24H27N3O2/c1-4-27-23(28)21(20-11-10-17(2)16-18(20)3)22(24(27)29)26-14-12-25(13-15-26)19-8-6-5-7-9-19/h5-11,16H,4,12-15H2,1-3H3. The molecule has 2 aliphatic heterocycles. The molecule has 5 nitrogen and oxygen atoms in total. The summed E-state index contributed by atoms with van der Waals surface area (Å²) in [5, 5.41) is 0. The number of carbonyl (C=O) groups excluding carboxylic acids is 2. The summed E-state index contributed by atoms with van der Waals surface area (Å²) >= 11 is 0. The fraction of sp³-hybridized carbons (Fsp3) is 0.333. The van der Waals surface area contributed by atoms with E-state index in [1.54, 1.807) is 0 Å². The number of nitrogens with zero attached hydrogens (tertiary/aromatic N) is 3. The van der Waals surface area contributed by atoms with Gasteiger partial charge >= 0.3 is 0 Å². The zero-order valence-corrected chi connectivity index (χ0v) is 17.3. The van der Waals surface area contributed by atoms with Gasteiger partial charge in [-0.2, -0.15) is 0 Å². The number of aryl methyl sites for hydroxylation is 2.